The molecule has 1 aromatic rings. The molecule has 1 atom stereocenters. The Kier molecular flexibility index (Phi) is 5.04. The number of nitrogens with zero attached hydrogens (tertiary/aromatic N) is 1. The van der Waals surface area contributed by atoms with E-state index >= 15 is 0 Å². The fraction of sp³-hybridized carbons (Fsp3) is 0.353. The first kappa shape index (κ1) is 17.4. The number of rotatable bonds is 4. The van der Waals surface area contributed by atoms with Crippen molar-refractivity contribution in [2.24, 2.45) is 4.99 Å². The predicted molar refractivity (Wildman–Crippen MR) is 91.8 cm³/mol. The highest BCUT2D eigenvalue weighted by Gasteiger charge is 2.23. The normalized spacial score (nSPS) is 18.7. The third-order valence-electron chi connectivity index (χ3n) is 3.89. The molecule has 1 aliphatic carbocycles. The molecule has 1 aromatic carbocycles. The second-order valence-corrected chi connectivity index (χ2v) is 7.87. The summed E-state index contributed by atoms with van der Waals surface area (Å²) in [5.74, 6) is 0.391. The molecule has 1 unspecified atom stereocenters. The molecular formula is C17H21FN2O2S. The molecule has 23 heavy (non-hydrogen) atoms. The molecule has 0 saturated carbocycles. The van der Waals surface area contributed by atoms with E-state index in [-0.39, 0.29) is 16.8 Å². The molecular weight excluding hydrogens is 315 g/mol. The van der Waals surface area contributed by atoms with Crippen molar-refractivity contribution in [1.82, 2.24) is 5.32 Å². The van der Waals surface area contributed by atoms with Gasteiger partial charge in [0.25, 0.3) is 0 Å². The standard InChI is InChI=1S/C17H21FN2O2S/c1-11(7-12(2)23(4,21)22)17(19-3)20-16-9-13-5-6-15(18)8-14(13)10-16/h5-8,16H,2,9-10H2,1,3-4H3,(H,19,20). The van der Waals surface area contributed by atoms with Gasteiger partial charge in [-0.05, 0) is 54.7 Å². The maximum atomic E-state index is 13.3. The van der Waals surface area contributed by atoms with Crippen LogP contribution >= 0.6 is 0 Å². The number of allylic oxidation sites excluding steroid dienone is 1. The average Bonchev–Trinajstić information content (AvgIpc) is 2.84. The molecule has 0 spiro atoms. The van der Waals surface area contributed by atoms with E-state index in [0.717, 1.165) is 23.8 Å². The van der Waals surface area contributed by atoms with Gasteiger partial charge >= 0.3 is 0 Å². The first-order valence-electron chi connectivity index (χ1n) is 7.29. The van der Waals surface area contributed by atoms with E-state index < -0.39 is 9.84 Å². The summed E-state index contributed by atoms with van der Waals surface area (Å²) in [4.78, 5) is 4.24. The van der Waals surface area contributed by atoms with E-state index in [1.807, 2.05) is 6.07 Å². The summed E-state index contributed by atoms with van der Waals surface area (Å²) >= 11 is 0. The lowest BCUT2D eigenvalue weighted by Gasteiger charge is -2.16. The van der Waals surface area contributed by atoms with Gasteiger partial charge in [-0.15, -0.1) is 0 Å². The summed E-state index contributed by atoms with van der Waals surface area (Å²) < 4.78 is 36.2. The Balaban J connectivity index is 2.10. The van der Waals surface area contributed by atoms with Crippen LogP contribution in [0.15, 0.2) is 46.3 Å². The van der Waals surface area contributed by atoms with Crippen LogP contribution < -0.4 is 5.32 Å². The van der Waals surface area contributed by atoms with Crippen molar-refractivity contribution >= 4 is 15.7 Å². The van der Waals surface area contributed by atoms with Gasteiger partial charge in [0.15, 0.2) is 9.84 Å². The topological polar surface area (TPSA) is 58.5 Å². The van der Waals surface area contributed by atoms with Gasteiger partial charge in [-0.3, -0.25) is 4.99 Å². The zero-order valence-corrected chi connectivity index (χ0v) is 14.4. The van der Waals surface area contributed by atoms with Gasteiger partial charge in [0.05, 0.1) is 4.91 Å². The SMILES string of the molecule is C=C(C=C(C)C(=NC)NC1Cc2ccc(F)cc2C1)S(C)(=O)=O. The predicted octanol–water partition coefficient (Wildman–Crippen LogP) is 2.42. The lowest BCUT2D eigenvalue weighted by Crippen LogP contribution is -2.36. The minimum atomic E-state index is -3.31. The van der Waals surface area contributed by atoms with Gasteiger partial charge in [0.2, 0.25) is 0 Å². The Morgan fingerprint density at radius 1 is 1.39 bits per heavy atom. The number of nitrogens with one attached hydrogen (secondary N) is 1. The Morgan fingerprint density at radius 3 is 2.65 bits per heavy atom. The maximum absolute atomic E-state index is 13.3. The third kappa shape index (κ3) is 4.28. The fourth-order valence-electron chi connectivity index (χ4n) is 2.65. The molecule has 4 nitrogen and oxygen atoms in total. The molecule has 0 aliphatic heterocycles. The van der Waals surface area contributed by atoms with Crippen molar-refractivity contribution in [3.05, 3.63) is 58.3 Å². The van der Waals surface area contributed by atoms with Crippen LogP contribution in [-0.2, 0) is 22.7 Å². The molecule has 0 aromatic heterocycles. The van der Waals surface area contributed by atoms with Gasteiger partial charge < -0.3 is 5.32 Å². The average molecular weight is 336 g/mol. The summed E-state index contributed by atoms with van der Waals surface area (Å²) in [6.45, 7) is 5.35. The number of hydrogen-bond acceptors (Lipinski definition) is 3. The van der Waals surface area contributed by atoms with Crippen molar-refractivity contribution < 1.29 is 12.8 Å². The van der Waals surface area contributed by atoms with Crippen molar-refractivity contribution in [2.75, 3.05) is 13.3 Å². The molecule has 0 bridgehead atoms. The third-order valence-corrected chi connectivity index (χ3v) is 4.96. The molecule has 6 heteroatoms. The second kappa shape index (κ2) is 6.66. The van der Waals surface area contributed by atoms with Gasteiger partial charge in [0.1, 0.15) is 11.7 Å². The van der Waals surface area contributed by atoms with Crippen LogP contribution in [0.4, 0.5) is 4.39 Å². The van der Waals surface area contributed by atoms with Crippen molar-refractivity contribution in [3.8, 4) is 0 Å². The smallest absolute Gasteiger partial charge is 0.174 e. The highest BCUT2D eigenvalue weighted by molar-refractivity contribution is 7.94. The minimum absolute atomic E-state index is 0.0507. The van der Waals surface area contributed by atoms with E-state index in [1.54, 1.807) is 20.0 Å². The highest BCUT2D eigenvalue weighted by Crippen LogP contribution is 2.23. The molecule has 0 saturated heterocycles. The zero-order valence-electron chi connectivity index (χ0n) is 13.6. The van der Waals surface area contributed by atoms with Crippen molar-refractivity contribution in [1.29, 1.82) is 0 Å². The summed E-state index contributed by atoms with van der Waals surface area (Å²) in [6.07, 6.45) is 4.13. The number of amidine groups is 1. The quantitative estimate of drug-likeness (QED) is 0.522. The molecule has 0 heterocycles. The van der Waals surface area contributed by atoms with Crippen molar-refractivity contribution in [3.63, 3.8) is 0 Å². The van der Waals surface area contributed by atoms with Gasteiger partial charge in [-0.25, -0.2) is 12.8 Å². The number of hydrogen-bond donors (Lipinski definition) is 1. The number of halogens is 1. The summed E-state index contributed by atoms with van der Waals surface area (Å²) in [7, 11) is -1.67. The Hall–Kier alpha value is -1.95. The summed E-state index contributed by atoms with van der Waals surface area (Å²) in [6, 6.07) is 4.95. The van der Waals surface area contributed by atoms with Crippen LogP contribution in [0.5, 0.6) is 0 Å². The molecule has 124 valence electrons. The van der Waals surface area contributed by atoms with Crippen molar-refractivity contribution in [2.45, 2.75) is 25.8 Å². The van der Waals surface area contributed by atoms with E-state index in [4.69, 9.17) is 0 Å². The van der Waals surface area contributed by atoms with Gasteiger partial charge in [0, 0.05) is 19.3 Å². The lowest BCUT2D eigenvalue weighted by molar-refractivity contribution is 0.608. The van der Waals surface area contributed by atoms with E-state index in [9.17, 15) is 12.8 Å². The molecule has 0 fully saturated rings. The highest BCUT2D eigenvalue weighted by atomic mass is 32.2. The first-order chi connectivity index (χ1) is 10.7. The second-order valence-electron chi connectivity index (χ2n) is 5.80. The number of benzene rings is 1. The van der Waals surface area contributed by atoms with Crippen LogP contribution in [0.2, 0.25) is 0 Å². The van der Waals surface area contributed by atoms with Gasteiger partial charge in [-0.2, -0.15) is 0 Å². The Morgan fingerprint density at radius 2 is 2.04 bits per heavy atom. The molecule has 2 rings (SSSR count). The first-order valence-corrected chi connectivity index (χ1v) is 9.18. The van der Waals surface area contributed by atoms with E-state index in [0.29, 0.717) is 17.8 Å². The van der Waals surface area contributed by atoms with E-state index in [1.165, 1.54) is 12.1 Å². The maximum Gasteiger partial charge on any atom is 0.174 e. The Bertz CT molecular complexity index is 795. The largest absolute Gasteiger partial charge is 0.367 e. The number of fused-ring (bicyclic) bond motifs is 1. The minimum Gasteiger partial charge on any atom is -0.367 e. The summed E-state index contributed by atoms with van der Waals surface area (Å²) in [5, 5.41) is 3.31. The molecule has 0 amide bonds. The van der Waals surface area contributed by atoms with E-state index in [2.05, 4.69) is 16.9 Å². The fourth-order valence-corrected chi connectivity index (χ4v) is 3.04. The van der Waals surface area contributed by atoms with Crippen LogP contribution in [0, 0.1) is 5.82 Å². The van der Waals surface area contributed by atoms with Crippen LogP contribution in [0.3, 0.4) is 0 Å². The molecule has 1 N–H and O–H groups in total. The zero-order chi connectivity index (χ0) is 17.2. The number of aliphatic imine (C=N–C) groups is 1. The van der Waals surface area contributed by atoms with Crippen LogP contribution in [-0.4, -0.2) is 33.6 Å². The number of sulfone groups is 1. The van der Waals surface area contributed by atoms with Gasteiger partial charge in [-0.1, -0.05) is 12.6 Å². The Labute approximate surface area is 136 Å². The van der Waals surface area contributed by atoms with Crippen LogP contribution in [0.25, 0.3) is 0 Å². The summed E-state index contributed by atoms with van der Waals surface area (Å²) in [5.41, 5.74) is 2.83. The molecule has 0 radical (unpaired) electrons. The van der Waals surface area contributed by atoms with Crippen LogP contribution in [0.1, 0.15) is 18.1 Å². The monoisotopic (exact) mass is 336 g/mol. The molecule has 1 aliphatic rings. The lowest BCUT2D eigenvalue weighted by atomic mass is 10.1.